The average molecular weight is 586 g/mol. The van der Waals surface area contributed by atoms with Crippen molar-refractivity contribution >= 4 is 23.4 Å². The molecule has 2 aromatic carbocycles. The minimum Gasteiger partial charge on any atom is -0.394 e. The summed E-state index contributed by atoms with van der Waals surface area (Å²) in [5.41, 5.74) is 1.51. The standard InChI is InChI=1S/C35H43N3O5/c1-7-18-36(21-26-12-10-9-11-13-26)31(40)28-29-32(41)38(25(5)22-39)30(35(29)17-16-34(28,6)43-35)33(42)37(19-8-2)27-20-23(3)14-15-24(27)4/h7-15,20,25,28-30,39H,1-2,16-19,21-22H2,3-6H3/t25-,28+,29+,30?,34-,35?/m1/s1. The Balaban J connectivity index is 1.59. The summed E-state index contributed by atoms with van der Waals surface area (Å²) in [4.78, 5) is 48.6. The summed E-state index contributed by atoms with van der Waals surface area (Å²) in [5, 5.41) is 10.3. The van der Waals surface area contributed by atoms with Gasteiger partial charge in [-0.05, 0) is 63.3 Å². The van der Waals surface area contributed by atoms with E-state index in [9.17, 15) is 19.5 Å². The third-order valence-corrected chi connectivity index (χ3v) is 9.56. The van der Waals surface area contributed by atoms with Gasteiger partial charge < -0.3 is 24.5 Å². The van der Waals surface area contributed by atoms with Crippen LogP contribution in [0.3, 0.4) is 0 Å². The molecule has 2 bridgehead atoms. The second kappa shape index (κ2) is 11.7. The van der Waals surface area contributed by atoms with Crippen molar-refractivity contribution in [1.82, 2.24) is 9.80 Å². The van der Waals surface area contributed by atoms with Crippen molar-refractivity contribution in [3.8, 4) is 0 Å². The van der Waals surface area contributed by atoms with Gasteiger partial charge in [0, 0.05) is 25.3 Å². The number of hydrogen-bond donors (Lipinski definition) is 1. The van der Waals surface area contributed by atoms with Crippen molar-refractivity contribution in [3.05, 3.63) is 90.5 Å². The Morgan fingerprint density at radius 3 is 2.44 bits per heavy atom. The van der Waals surface area contributed by atoms with Gasteiger partial charge in [-0.2, -0.15) is 0 Å². The molecule has 1 N–H and O–H groups in total. The second-order valence-electron chi connectivity index (χ2n) is 12.5. The van der Waals surface area contributed by atoms with E-state index in [1.54, 1.807) is 28.9 Å². The second-order valence-corrected chi connectivity index (χ2v) is 12.5. The van der Waals surface area contributed by atoms with Crippen LogP contribution in [0.15, 0.2) is 73.8 Å². The number of likely N-dealkylation sites (tertiary alicyclic amines) is 1. The summed E-state index contributed by atoms with van der Waals surface area (Å²) in [6, 6.07) is 14.0. The molecule has 0 saturated carbocycles. The Morgan fingerprint density at radius 1 is 1.09 bits per heavy atom. The molecule has 6 atom stereocenters. The largest absolute Gasteiger partial charge is 0.394 e. The lowest BCUT2D eigenvalue weighted by atomic mass is 9.66. The summed E-state index contributed by atoms with van der Waals surface area (Å²) in [5.74, 6) is -2.44. The van der Waals surface area contributed by atoms with Crippen LogP contribution in [0.5, 0.6) is 0 Å². The zero-order chi connectivity index (χ0) is 31.1. The zero-order valence-electron chi connectivity index (χ0n) is 25.7. The molecule has 8 nitrogen and oxygen atoms in total. The Hall–Kier alpha value is -3.75. The van der Waals surface area contributed by atoms with Crippen molar-refractivity contribution < 1.29 is 24.2 Å². The van der Waals surface area contributed by atoms with Crippen molar-refractivity contribution in [2.24, 2.45) is 11.8 Å². The van der Waals surface area contributed by atoms with Gasteiger partial charge in [-0.1, -0.05) is 54.6 Å². The number of aliphatic hydroxyl groups excluding tert-OH is 1. The van der Waals surface area contributed by atoms with Gasteiger partial charge in [0.2, 0.25) is 11.8 Å². The summed E-state index contributed by atoms with van der Waals surface area (Å²) < 4.78 is 6.84. The molecule has 3 aliphatic heterocycles. The van der Waals surface area contributed by atoms with Crippen LogP contribution < -0.4 is 4.90 Å². The van der Waals surface area contributed by atoms with E-state index >= 15 is 0 Å². The van der Waals surface area contributed by atoms with Crippen LogP contribution in [0.2, 0.25) is 0 Å². The fraction of sp³-hybridized carbons (Fsp3) is 0.457. The molecule has 1 spiro atoms. The SMILES string of the molecule is C=CCN(Cc1ccccc1)C(=O)[C@@H]1[C@H]2C(=O)N([C@H](C)CO)C(C(=O)N(CC=C)c3cc(C)ccc3C)C23CC[C@@]1(C)O3. The Labute approximate surface area is 254 Å². The highest BCUT2D eigenvalue weighted by atomic mass is 16.5. The van der Waals surface area contributed by atoms with Gasteiger partial charge in [-0.3, -0.25) is 14.4 Å². The number of nitrogens with zero attached hydrogens (tertiary/aromatic N) is 3. The number of ether oxygens (including phenoxy) is 1. The van der Waals surface area contributed by atoms with E-state index in [1.807, 2.05) is 69.3 Å². The first-order chi connectivity index (χ1) is 20.5. The Kier molecular flexibility index (Phi) is 8.38. The van der Waals surface area contributed by atoms with E-state index in [0.717, 1.165) is 22.4 Å². The fourth-order valence-corrected chi connectivity index (χ4v) is 7.56. The molecule has 3 aliphatic rings. The minimum absolute atomic E-state index is 0.187. The highest BCUT2D eigenvalue weighted by molar-refractivity contribution is 6.05. The number of amides is 3. The van der Waals surface area contributed by atoms with E-state index < -0.39 is 35.1 Å². The minimum atomic E-state index is -1.20. The highest BCUT2D eigenvalue weighted by Gasteiger charge is 2.78. The van der Waals surface area contributed by atoms with Gasteiger partial charge in [0.1, 0.15) is 11.6 Å². The summed E-state index contributed by atoms with van der Waals surface area (Å²) in [6.07, 6.45) is 4.36. The molecule has 0 aromatic heterocycles. The maximum absolute atomic E-state index is 14.8. The van der Waals surface area contributed by atoms with Crippen LogP contribution in [0, 0.1) is 25.7 Å². The molecule has 8 heteroatoms. The van der Waals surface area contributed by atoms with Gasteiger partial charge in [0.05, 0.1) is 30.1 Å². The quantitative estimate of drug-likeness (QED) is 0.400. The molecule has 3 fully saturated rings. The van der Waals surface area contributed by atoms with Gasteiger partial charge in [-0.25, -0.2) is 0 Å². The number of fused-ring (bicyclic) bond motifs is 1. The van der Waals surface area contributed by atoms with Gasteiger partial charge in [0.25, 0.3) is 5.91 Å². The molecular formula is C35H43N3O5. The lowest BCUT2D eigenvalue weighted by molar-refractivity contribution is -0.152. The Bertz CT molecular complexity index is 1430. The van der Waals surface area contributed by atoms with E-state index in [0.29, 0.717) is 25.9 Å². The van der Waals surface area contributed by atoms with Crippen LogP contribution in [0.1, 0.15) is 43.4 Å². The monoisotopic (exact) mass is 585 g/mol. The van der Waals surface area contributed by atoms with Crippen molar-refractivity contribution in [1.29, 1.82) is 0 Å². The highest BCUT2D eigenvalue weighted by Crippen LogP contribution is 2.64. The predicted molar refractivity (Wildman–Crippen MR) is 166 cm³/mol. The average Bonchev–Trinajstić information content (AvgIpc) is 3.57. The number of benzene rings is 2. The number of aliphatic hydroxyl groups is 1. The summed E-state index contributed by atoms with van der Waals surface area (Å²) in [7, 11) is 0. The normalized spacial score (nSPS) is 28.0. The molecule has 3 amide bonds. The van der Waals surface area contributed by atoms with E-state index in [4.69, 9.17) is 4.74 Å². The maximum atomic E-state index is 14.8. The number of aryl methyl sites for hydroxylation is 2. The molecule has 228 valence electrons. The first-order valence-electron chi connectivity index (χ1n) is 15.1. The molecular weight excluding hydrogens is 542 g/mol. The third kappa shape index (κ3) is 5.00. The summed E-state index contributed by atoms with van der Waals surface area (Å²) in [6.45, 7) is 15.9. The molecule has 3 saturated heterocycles. The van der Waals surface area contributed by atoms with E-state index in [2.05, 4.69) is 13.2 Å². The predicted octanol–water partition coefficient (Wildman–Crippen LogP) is 4.18. The zero-order valence-corrected chi connectivity index (χ0v) is 25.7. The van der Waals surface area contributed by atoms with Crippen LogP contribution in [-0.4, -0.2) is 75.6 Å². The molecule has 43 heavy (non-hydrogen) atoms. The van der Waals surface area contributed by atoms with Crippen LogP contribution in [0.25, 0.3) is 0 Å². The first-order valence-corrected chi connectivity index (χ1v) is 15.1. The number of hydrogen-bond acceptors (Lipinski definition) is 5. The number of rotatable bonds is 11. The lowest BCUT2D eigenvalue weighted by Crippen LogP contribution is -2.58. The molecule has 2 unspecified atom stereocenters. The molecule has 5 rings (SSSR count). The molecule has 2 aromatic rings. The van der Waals surface area contributed by atoms with Gasteiger partial charge >= 0.3 is 0 Å². The topological polar surface area (TPSA) is 90.4 Å². The number of carbonyl (C=O) groups excluding carboxylic acids is 3. The molecule has 3 heterocycles. The number of anilines is 1. The first kappa shape index (κ1) is 30.7. The van der Waals surface area contributed by atoms with Crippen molar-refractivity contribution in [2.45, 2.75) is 70.4 Å². The van der Waals surface area contributed by atoms with Crippen molar-refractivity contribution in [3.63, 3.8) is 0 Å². The smallest absolute Gasteiger partial charge is 0.253 e. The molecule has 0 aliphatic carbocycles. The number of carbonyl (C=O) groups is 3. The van der Waals surface area contributed by atoms with Crippen molar-refractivity contribution in [2.75, 3.05) is 24.6 Å². The van der Waals surface area contributed by atoms with E-state index in [-0.39, 0.29) is 30.9 Å². The third-order valence-electron chi connectivity index (χ3n) is 9.56. The fourth-order valence-electron chi connectivity index (χ4n) is 7.56. The van der Waals surface area contributed by atoms with Crippen LogP contribution in [0.4, 0.5) is 5.69 Å². The lowest BCUT2D eigenvalue weighted by Gasteiger charge is -2.39. The molecule has 0 radical (unpaired) electrons. The van der Waals surface area contributed by atoms with Gasteiger partial charge in [0.15, 0.2) is 0 Å². The van der Waals surface area contributed by atoms with E-state index in [1.165, 1.54) is 4.90 Å². The van der Waals surface area contributed by atoms with Crippen LogP contribution >= 0.6 is 0 Å². The van der Waals surface area contributed by atoms with Crippen LogP contribution in [-0.2, 0) is 25.7 Å². The maximum Gasteiger partial charge on any atom is 0.253 e. The Morgan fingerprint density at radius 2 is 1.79 bits per heavy atom. The van der Waals surface area contributed by atoms with Gasteiger partial charge in [-0.15, -0.1) is 13.2 Å². The summed E-state index contributed by atoms with van der Waals surface area (Å²) >= 11 is 0.